The first kappa shape index (κ1) is 18.6. The average Bonchev–Trinajstić information content (AvgIpc) is 2.64. The van der Waals surface area contributed by atoms with Crippen molar-refractivity contribution in [2.45, 2.75) is 57.2 Å². The third kappa shape index (κ3) is 3.83. The van der Waals surface area contributed by atoms with E-state index in [1.54, 1.807) is 0 Å². The summed E-state index contributed by atoms with van der Waals surface area (Å²) in [5, 5.41) is 10.3. The van der Waals surface area contributed by atoms with Crippen molar-refractivity contribution < 1.29 is 19.4 Å². The van der Waals surface area contributed by atoms with Gasteiger partial charge in [0.05, 0.1) is 18.8 Å². The zero-order valence-electron chi connectivity index (χ0n) is 15.0. The predicted octanol–water partition coefficient (Wildman–Crippen LogP) is 0.106. The van der Waals surface area contributed by atoms with Crippen LogP contribution in [-0.4, -0.2) is 78.3 Å². The molecule has 2 aliphatic heterocycles. The highest BCUT2D eigenvalue weighted by Gasteiger charge is 2.56. The van der Waals surface area contributed by atoms with E-state index in [-0.39, 0.29) is 29.4 Å². The van der Waals surface area contributed by atoms with Crippen molar-refractivity contribution in [1.82, 2.24) is 9.80 Å². The van der Waals surface area contributed by atoms with Crippen molar-refractivity contribution in [2.24, 2.45) is 11.1 Å². The molecule has 0 radical (unpaired) electrons. The molecule has 1 saturated carbocycles. The number of hydrogen-bond acceptors (Lipinski definition) is 5. The molecule has 0 aromatic heterocycles. The van der Waals surface area contributed by atoms with Gasteiger partial charge in [0, 0.05) is 57.4 Å². The fraction of sp³-hybridized carbons (Fsp3) is 0.889. The van der Waals surface area contributed by atoms with Crippen LogP contribution in [0.15, 0.2) is 0 Å². The molecule has 3 fully saturated rings. The van der Waals surface area contributed by atoms with Crippen LogP contribution in [0.3, 0.4) is 0 Å². The molecule has 3 N–H and O–H groups in total. The molecule has 142 valence electrons. The van der Waals surface area contributed by atoms with Crippen LogP contribution in [0.2, 0.25) is 0 Å². The van der Waals surface area contributed by atoms with E-state index in [2.05, 4.69) is 0 Å². The van der Waals surface area contributed by atoms with Crippen molar-refractivity contribution >= 4 is 11.8 Å². The Kier molecular flexibility index (Phi) is 5.96. The van der Waals surface area contributed by atoms with Crippen LogP contribution in [0, 0.1) is 5.41 Å². The van der Waals surface area contributed by atoms with Crippen molar-refractivity contribution in [3.63, 3.8) is 0 Å². The molecule has 25 heavy (non-hydrogen) atoms. The number of nitrogens with two attached hydrogens (primary N) is 1. The van der Waals surface area contributed by atoms with E-state index in [9.17, 15) is 14.7 Å². The highest BCUT2D eigenvalue weighted by atomic mass is 16.5. The molecule has 3 rings (SSSR count). The van der Waals surface area contributed by atoms with Crippen LogP contribution >= 0.6 is 0 Å². The maximum atomic E-state index is 12.5. The lowest BCUT2D eigenvalue weighted by Gasteiger charge is -2.56. The van der Waals surface area contributed by atoms with E-state index in [4.69, 9.17) is 10.5 Å². The Labute approximate surface area is 149 Å². The zero-order chi connectivity index (χ0) is 17.9. The summed E-state index contributed by atoms with van der Waals surface area (Å²) in [5.74, 6) is 0.288. The van der Waals surface area contributed by atoms with Crippen molar-refractivity contribution in [2.75, 3.05) is 39.3 Å². The fourth-order valence-electron chi connectivity index (χ4n) is 4.49. The molecule has 2 saturated heterocycles. The van der Waals surface area contributed by atoms with E-state index in [1.807, 2.05) is 9.80 Å². The van der Waals surface area contributed by atoms with Crippen molar-refractivity contribution in [3.05, 3.63) is 0 Å². The number of aliphatic hydroxyl groups excluding tert-OH is 1. The molecular formula is C18H31N3O4. The lowest BCUT2D eigenvalue weighted by molar-refractivity contribution is -0.210. The number of nitrogens with zero attached hydrogens (tertiary/aromatic N) is 2. The van der Waals surface area contributed by atoms with E-state index < -0.39 is 0 Å². The minimum absolute atomic E-state index is 0.0641. The summed E-state index contributed by atoms with van der Waals surface area (Å²) in [6.07, 6.45) is 4.96. The summed E-state index contributed by atoms with van der Waals surface area (Å²) in [6, 6.07) is 0. The fourth-order valence-corrected chi connectivity index (χ4v) is 4.49. The first-order valence-corrected chi connectivity index (χ1v) is 9.62. The van der Waals surface area contributed by atoms with E-state index in [0.717, 1.165) is 32.2 Å². The molecule has 2 atom stereocenters. The zero-order valence-corrected chi connectivity index (χ0v) is 15.0. The smallest absolute Gasteiger partial charge is 0.224 e. The number of hydrogen-bond donors (Lipinski definition) is 2. The van der Waals surface area contributed by atoms with Crippen LogP contribution in [0.25, 0.3) is 0 Å². The second kappa shape index (κ2) is 8.01. The van der Waals surface area contributed by atoms with Crippen molar-refractivity contribution in [3.8, 4) is 0 Å². The Bertz CT molecular complexity index is 491. The van der Waals surface area contributed by atoms with Gasteiger partial charge in [-0.15, -0.1) is 0 Å². The largest absolute Gasteiger partial charge is 0.392 e. The van der Waals surface area contributed by atoms with Gasteiger partial charge in [-0.3, -0.25) is 9.59 Å². The number of aliphatic hydroxyl groups is 1. The van der Waals surface area contributed by atoms with Gasteiger partial charge in [0.25, 0.3) is 0 Å². The predicted molar refractivity (Wildman–Crippen MR) is 92.7 cm³/mol. The summed E-state index contributed by atoms with van der Waals surface area (Å²) in [4.78, 5) is 28.0. The average molecular weight is 353 g/mol. The topological polar surface area (TPSA) is 96.1 Å². The number of rotatable bonds is 6. The number of amides is 2. The number of ether oxygens (including phenoxy) is 1. The summed E-state index contributed by atoms with van der Waals surface area (Å²) in [7, 11) is 0. The second-order valence-electron chi connectivity index (χ2n) is 7.60. The van der Waals surface area contributed by atoms with Gasteiger partial charge in [0.2, 0.25) is 11.8 Å². The minimum Gasteiger partial charge on any atom is -0.392 e. The summed E-state index contributed by atoms with van der Waals surface area (Å²) < 4.78 is 5.79. The van der Waals surface area contributed by atoms with Gasteiger partial charge < -0.3 is 25.4 Å². The first-order chi connectivity index (χ1) is 12.1. The van der Waals surface area contributed by atoms with E-state index in [0.29, 0.717) is 52.0 Å². The molecule has 1 aliphatic carbocycles. The standard InChI is InChI=1S/C18H31N3O4/c19-7-12-25-15-13-14(22)18(15)5-10-21(11-6-18)17(24)4-9-20-8-2-1-3-16(20)23/h14-15,22H,1-13,19H2/t14-,15+/m0/s1. The first-order valence-electron chi connectivity index (χ1n) is 9.62. The lowest BCUT2D eigenvalue weighted by atomic mass is 9.58. The van der Waals surface area contributed by atoms with Gasteiger partial charge in [-0.2, -0.15) is 0 Å². The van der Waals surface area contributed by atoms with Crippen LogP contribution in [0.4, 0.5) is 0 Å². The van der Waals surface area contributed by atoms with Gasteiger partial charge in [-0.1, -0.05) is 0 Å². The van der Waals surface area contributed by atoms with Crippen LogP contribution in [0.5, 0.6) is 0 Å². The molecule has 2 amide bonds. The number of likely N-dealkylation sites (tertiary alicyclic amines) is 2. The highest BCUT2D eigenvalue weighted by molar-refractivity contribution is 5.79. The number of carbonyl (C=O) groups is 2. The normalized spacial score (nSPS) is 29.0. The molecule has 0 aromatic rings. The summed E-state index contributed by atoms with van der Waals surface area (Å²) in [5.41, 5.74) is 5.31. The highest BCUT2D eigenvalue weighted by Crippen LogP contribution is 2.50. The van der Waals surface area contributed by atoms with Gasteiger partial charge >= 0.3 is 0 Å². The molecule has 0 unspecified atom stereocenters. The monoisotopic (exact) mass is 353 g/mol. The van der Waals surface area contributed by atoms with Crippen LogP contribution in [0.1, 0.15) is 44.9 Å². The molecule has 7 heteroatoms. The summed E-state index contributed by atoms with van der Waals surface area (Å²) in [6.45, 7) is 3.64. The van der Waals surface area contributed by atoms with E-state index >= 15 is 0 Å². The van der Waals surface area contributed by atoms with Gasteiger partial charge in [0.15, 0.2) is 0 Å². The molecule has 1 spiro atoms. The van der Waals surface area contributed by atoms with Gasteiger partial charge in [0.1, 0.15) is 0 Å². The molecule has 3 aliphatic rings. The molecular weight excluding hydrogens is 322 g/mol. The SMILES string of the molecule is NCCO[C@@H]1C[C@H](O)C12CCN(C(=O)CCN1CCCCC1=O)CC2. The molecule has 2 heterocycles. The lowest BCUT2D eigenvalue weighted by Crippen LogP contribution is -2.63. The minimum atomic E-state index is -0.335. The Hall–Kier alpha value is -1.18. The maximum absolute atomic E-state index is 12.5. The van der Waals surface area contributed by atoms with Gasteiger partial charge in [-0.25, -0.2) is 0 Å². The number of piperidine rings is 2. The van der Waals surface area contributed by atoms with Crippen LogP contribution in [-0.2, 0) is 14.3 Å². The Morgan fingerprint density at radius 2 is 2.04 bits per heavy atom. The molecule has 0 aromatic carbocycles. The third-order valence-electron chi connectivity index (χ3n) is 6.24. The Morgan fingerprint density at radius 3 is 2.68 bits per heavy atom. The number of carbonyl (C=O) groups excluding carboxylic acids is 2. The van der Waals surface area contributed by atoms with E-state index in [1.165, 1.54) is 0 Å². The third-order valence-corrected chi connectivity index (χ3v) is 6.24. The van der Waals surface area contributed by atoms with Crippen LogP contribution < -0.4 is 5.73 Å². The van der Waals surface area contributed by atoms with Crippen molar-refractivity contribution in [1.29, 1.82) is 0 Å². The maximum Gasteiger partial charge on any atom is 0.224 e. The Balaban J connectivity index is 1.45. The van der Waals surface area contributed by atoms with Gasteiger partial charge in [-0.05, 0) is 25.7 Å². The molecule has 7 nitrogen and oxygen atoms in total. The summed E-state index contributed by atoms with van der Waals surface area (Å²) >= 11 is 0. The molecule has 0 bridgehead atoms. The Morgan fingerprint density at radius 1 is 1.28 bits per heavy atom. The quantitative estimate of drug-likeness (QED) is 0.706. The second-order valence-corrected chi connectivity index (χ2v) is 7.60.